The van der Waals surface area contributed by atoms with E-state index < -0.39 is 4.92 Å². The minimum Gasteiger partial charge on any atom is -0.258 e. The molecule has 0 fully saturated rings. The first-order chi connectivity index (χ1) is 14.4. The molecule has 0 saturated heterocycles. The summed E-state index contributed by atoms with van der Waals surface area (Å²) in [5.41, 5.74) is 3.95. The predicted molar refractivity (Wildman–Crippen MR) is 120 cm³/mol. The Morgan fingerprint density at radius 2 is 1.33 bits per heavy atom. The molecule has 0 spiro atoms. The van der Waals surface area contributed by atoms with Gasteiger partial charge in [0.25, 0.3) is 5.69 Å². The van der Waals surface area contributed by atoms with E-state index in [0.29, 0.717) is 27.3 Å². The van der Waals surface area contributed by atoms with E-state index in [4.69, 9.17) is 39.9 Å². The quantitative estimate of drug-likeness (QED) is 0.236. The van der Waals surface area contributed by atoms with Gasteiger partial charge in [-0.3, -0.25) is 14.8 Å². The summed E-state index contributed by atoms with van der Waals surface area (Å²) in [4.78, 5) is 10.5. The molecule has 0 saturated carbocycles. The molecule has 5 nitrogen and oxygen atoms in total. The Hall–Kier alpha value is -2.86. The monoisotopic (exact) mass is 457 g/mol. The third-order valence-electron chi connectivity index (χ3n) is 4.61. The highest BCUT2D eigenvalue weighted by atomic mass is 35.5. The van der Waals surface area contributed by atoms with E-state index >= 15 is 0 Å². The van der Waals surface area contributed by atoms with Crippen LogP contribution in [-0.4, -0.2) is 14.7 Å². The minimum atomic E-state index is -0.424. The van der Waals surface area contributed by atoms with Crippen LogP contribution in [0.15, 0.2) is 72.8 Å². The number of nitrogens with zero attached hydrogens (tertiary/aromatic N) is 3. The molecule has 4 aromatic rings. The van der Waals surface area contributed by atoms with Crippen molar-refractivity contribution < 1.29 is 4.92 Å². The van der Waals surface area contributed by atoms with Gasteiger partial charge >= 0.3 is 0 Å². The SMILES string of the molecule is O=[N+]([O-])c1ccc(Cn2nc(-c3ccc(Cl)cc3)c(Cl)c2-c2ccc(Cl)cc2)cc1. The van der Waals surface area contributed by atoms with Crippen molar-refractivity contribution in [2.24, 2.45) is 0 Å². The van der Waals surface area contributed by atoms with Crippen LogP contribution in [0.3, 0.4) is 0 Å². The Morgan fingerprint density at radius 3 is 1.87 bits per heavy atom. The van der Waals surface area contributed by atoms with Crippen molar-refractivity contribution in [3.05, 3.63) is 104 Å². The van der Waals surface area contributed by atoms with E-state index in [9.17, 15) is 10.1 Å². The number of nitro benzene ring substituents is 1. The number of nitro groups is 1. The van der Waals surface area contributed by atoms with Crippen LogP contribution >= 0.6 is 34.8 Å². The molecule has 0 amide bonds. The second kappa shape index (κ2) is 8.48. The largest absolute Gasteiger partial charge is 0.269 e. The number of hydrogen-bond donors (Lipinski definition) is 0. The number of non-ortho nitro benzene ring substituents is 1. The highest BCUT2D eigenvalue weighted by Crippen LogP contribution is 2.37. The van der Waals surface area contributed by atoms with E-state index in [-0.39, 0.29) is 5.69 Å². The lowest BCUT2D eigenvalue weighted by atomic mass is 10.1. The minimum absolute atomic E-state index is 0.0389. The molecule has 8 heteroatoms. The van der Waals surface area contributed by atoms with E-state index in [1.807, 2.05) is 24.3 Å². The first-order valence-corrected chi connectivity index (χ1v) is 10.1. The van der Waals surface area contributed by atoms with Gasteiger partial charge in [0.05, 0.1) is 22.2 Å². The summed E-state index contributed by atoms with van der Waals surface area (Å²) in [6.07, 6.45) is 0. The van der Waals surface area contributed by atoms with Gasteiger partial charge in [0.2, 0.25) is 0 Å². The summed E-state index contributed by atoms with van der Waals surface area (Å²) < 4.78 is 1.79. The molecule has 0 N–H and O–H groups in total. The summed E-state index contributed by atoms with van der Waals surface area (Å²) in [6.45, 7) is 0.392. The van der Waals surface area contributed by atoms with Gasteiger partial charge in [-0.25, -0.2) is 0 Å². The summed E-state index contributed by atoms with van der Waals surface area (Å²) in [5.74, 6) is 0. The maximum absolute atomic E-state index is 10.9. The van der Waals surface area contributed by atoms with Crippen molar-refractivity contribution in [1.82, 2.24) is 9.78 Å². The van der Waals surface area contributed by atoms with E-state index in [1.54, 1.807) is 41.1 Å². The third kappa shape index (κ3) is 4.19. The Bertz CT molecular complexity index is 1200. The summed E-state index contributed by atoms with van der Waals surface area (Å²) in [6, 6.07) is 21.0. The van der Waals surface area contributed by atoms with Crippen LogP contribution < -0.4 is 0 Å². The highest BCUT2D eigenvalue weighted by Gasteiger charge is 2.20. The lowest BCUT2D eigenvalue weighted by Crippen LogP contribution is -2.04. The molecule has 0 aliphatic heterocycles. The van der Waals surface area contributed by atoms with Gasteiger partial charge in [-0.05, 0) is 29.8 Å². The van der Waals surface area contributed by atoms with Crippen molar-refractivity contribution in [3.8, 4) is 22.5 Å². The Balaban J connectivity index is 1.81. The average Bonchev–Trinajstić information content (AvgIpc) is 3.05. The average molecular weight is 459 g/mol. The maximum atomic E-state index is 10.9. The standard InChI is InChI=1S/C22H14Cl3N3O2/c23-17-7-3-15(4-8-17)21-20(25)22(16-5-9-18(24)10-6-16)27(26-21)13-14-1-11-19(12-2-14)28(29)30/h1-12H,13H2. The first-order valence-electron chi connectivity index (χ1n) is 8.94. The highest BCUT2D eigenvalue weighted by molar-refractivity contribution is 6.36. The molecule has 4 rings (SSSR count). The number of halogens is 3. The van der Waals surface area contributed by atoms with E-state index in [0.717, 1.165) is 22.4 Å². The third-order valence-corrected chi connectivity index (χ3v) is 5.47. The van der Waals surface area contributed by atoms with Gasteiger partial charge in [-0.1, -0.05) is 71.2 Å². The Labute approximate surface area is 187 Å². The van der Waals surface area contributed by atoms with Crippen LogP contribution in [0.2, 0.25) is 15.1 Å². The number of hydrogen-bond acceptors (Lipinski definition) is 3. The fourth-order valence-corrected chi connectivity index (χ4v) is 3.73. The van der Waals surface area contributed by atoms with Crippen LogP contribution in [0.25, 0.3) is 22.5 Å². The van der Waals surface area contributed by atoms with Crippen molar-refractivity contribution in [1.29, 1.82) is 0 Å². The van der Waals surface area contributed by atoms with Crippen LogP contribution in [0.5, 0.6) is 0 Å². The molecule has 0 atom stereocenters. The number of benzene rings is 3. The molecule has 1 aromatic heterocycles. The lowest BCUT2D eigenvalue weighted by Gasteiger charge is -2.08. The molecule has 3 aromatic carbocycles. The zero-order valence-electron chi connectivity index (χ0n) is 15.4. The molecular weight excluding hydrogens is 445 g/mol. The zero-order chi connectivity index (χ0) is 21.3. The van der Waals surface area contributed by atoms with Crippen LogP contribution in [0.4, 0.5) is 5.69 Å². The molecule has 0 radical (unpaired) electrons. The van der Waals surface area contributed by atoms with Crippen molar-refractivity contribution in [2.45, 2.75) is 6.54 Å². The van der Waals surface area contributed by atoms with Crippen molar-refractivity contribution in [3.63, 3.8) is 0 Å². The van der Waals surface area contributed by atoms with Crippen LogP contribution in [0, 0.1) is 10.1 Å². The zero-order valence-corrected chi connectivity index (χ0v) is 17.7. The number of aromatic nitrogens is 2. The van der Waals surface area contributed by atoms with E-state index in [1.165, 1.54) is 12.1 Å². The van der Waals surface area contributed by atoms with Gasteiger partial charge in [0, 0.05) is 33.3 Å². The predicted octanol–water partition coefficient (Wildman–Crippen LogP) is 7.13. The van der Waals surface area contributed by atoms with Gasteiger partial charge in [0.15, 0.2) is 0 Å². The Kier molecular flexibility index (Phi) is 5.77. The molecule has 150 valence electrons. The summed E-state index contributed by atoms with van der Waals surface area (Å²) >= 11 is 18.8. The molecule has 30 heavy (non-hydrogen) atoms. The summed E-state index contributed by atoms with van der Waals surface area (Å²) in [7, 11) is 0. The van der Waals surface area contributed by atoms with Crippen molar-refractivity contribution in [2.75, 3.05) is 0 Å². The topological polar surface area (TPSA) is 61.0 Å². The fourth-order valence-electron chi connectivity index (χ4n) is 3.13. The maximum Gasteiger partial charge on any atom is 0.269 e. The van der Waals surface area contributed by atoms with E-state index in [2.05, 4.69) is 0 Å². The molecule has 0 bridgehead atoms. The second-order valence-electron chi connectivity index (χ2n) is 6.61. The fraction of sp³-hybridized carbons (Fsp3) is 0.0455. The lowest BCUT2D eigenvalue weighted by molar-refractivity contribution is -0.384. The van der Waals surface area contributed by atoms with Crippen LogP contribution in [-0.2, 0) is 6.54 Å². The summed E-state index contributed by atoms with van der Waals surface area (Å²) in [5, 5.41) is 17.4. The molecular formula is C22H14Cl3N3O2. The number of rotatable bonds is 5. The molecule has 1 heterocycles. The second-order valence-corrected chi connectivity index (χ2v) is 7.86. The van der Waals surface area contributed by atoms with Gasteiger partial charge in [0.1, 0.15) is 5.69 Å². The van der Waals surface area contributed by atoms with Gasteiger partial charge in [-0.2, -0.15) is 5.10 Å². The van der Waals surface area contributed by atoms with Crippen molar-refractivity contribution >= 4 is 40.5 Å². The molecule has 0 unspecified atom stereocenters. The van der Waals surface area contributed by atoms with Gasteiger partial charge < -0.3 is 0 Å². The molecule has 0 aliphatic carbocycles. The van der Waals surface area contributed by atoms with Gasteiger partial charge in [-0.15, -0.1) is 0 Å². The smallest absolute Gasteiger partial charge is 0.258 e. The first kappa shape index (κ1) is 20.4. The molecule has 0 aliphatic rings. The van der Waals surface area contributed by atoms with Crippen LogP contribution in [0.1, 0.15) is 5.56 Å². The Morgan fingerprint density at radius 1 is 0.800 bits per heavy atom. The normalized spacial score (nSPS) is 10.9.